The minimum Gasteiger partial charge on any atom is -0.462 e. The summed E-state index contributed by atoms with van der Waals surface area (Å²) in [6.07, 6.45) is 7.88. The Morgan fingerprint density at radius 1 is 0.821 bits per heavy atom. The maximum absolute atomic E-state index is 13.3. The predicted octanol–water partition coefficient (Wildman–Crippen LogP) is 5.95. The molecule has 0 heterocycles. The number of hydrogen-bond donors (Lipinski definition) is 0. The first-order valence-corrected chi connectivity index (χ1v) is 9.85. The van der Waals surface area contributed by atoms with Crippen molar-refractivity contribution in [2.45, 2.75) is 51.9 Å². The summed E-state index contributed by atoms with van der Waals surface area (Å²) in [4.78, 5) is 24.8. The number of carbonyl (C=O) groups is 2. The summed E-state index contributed by atoms with van der Waals surface area (Å²) in [5.74, 6) is -1.71. The van der Waals surface area contributed by atoms with E-state index in [4.69, 9.17) is 9.47 Å². The van der Waals surface area contributed by atoms with Crippen LogP contribution in [-0.2, 0) is 4.74 Å². The van der Waals surface area contributed by atoms with E-state index >= 15 is 0 Å². The second-order valence-electron chi connectivity index (χ2n) is 6.65. The predicted molar refractivity (Wildman–Crippen MR) is 106 cm³/mol. The van der Waals surface area contributed by atoms with E-state index in [0.717, 1.165) is 25.3 Å². The lowest BCUT2D eigenvalue weighted by Crippen LogP contribution is -2.16. The highest BCUT2D eigenvalue weighted by molar-refractivity contribution is 6.03. The fourth-order valence-corrected chi connectivity index (χ4v) is 2.83. The molecule has 0 saturated heterocycles. The zero-order valence-corrected chi connectivity index (χ0v) is 16.3. The van der Waals surface area contributed by atoms with Crippen LogP contribution in [0.3, 0.4) is 0 Å². The molecule has 2 aromatic carbocycles. The third-order valence-corrected chi connectivity index (χ3v) is 4.35. The van der Waals surface area contributed by atoms with E-state index in [0.29, 0.717) is 6.61 Å². The van der Waals surface area contributed by atoms with E-state index < -0.39 is 17.8 Å². The van der Waals surface area contributed by atoms with Gasteiger partial charge in [-0.25, -0.2) is 14.0 Å². The van der Waals surface area contributed by atoms with Gasteiger partial charge in [-0.1, -0.05) is 63.6 Å². The van der Waals surface area contributed by atoms with Gasteiger partial charge in [0.2, 0.25) is 0 Å². The first kappa shape index (κ1) is 21.6. The van der Waals surface area contributed by atoms with Crippen LogP contribution in [0.2, 0.25) is 0 Å². The number of unbranched alkanes of at least 4 members (excludes halogenated alkanes) is 6. The van der Waals surface area contributed by atoms with Crippen molar-refractivity contribution in [3.63, 3.8) is 0 Å². The summed E-state index contributed by atoms with van der Waals surface area (Å²) >= 11 is 0. The van der Waals surface area contributed by atoms with E-state index in [1.165, 1.54) is 56.0 Å². The van der Waals surface area contributed by atoms with Gasteiger partial charge in [-0.05, 0) is 30.7 Å². The maximum Gasteiger partial charge on any atom is 0.344 e. The number of esters is 2. The minimum absolute atomic E-state index is 0.0799. The molecule has 5 heteroatoms. The highest BCUT2D eigenvalue weighted by atomic mass is 19.1. The van der Waals surface area contributed by atoms with Gasteiger partial charge in [0.25, 0.3) is 0 Å². The van der Waals surface area contributed by atoms with Crippen molar-refractivity contribution in [1.82, 2.24) is 0 Å². The Balaban J connectivity index is 1.86. The quantitative estimate of drug-likeness (QED) is 0.272. The lowest BCUT2D eigenvalue weighted by Gasteiger charge is -2.10. The molecule has 0 fully saturated rings. The smallest absolute Gasteiger partial charge is 0.344 e. The molecule has 0 aliphatic heterocycles. The van der Waals surface area contributed by atoms with Crippen LogP contribution in [0.4, 0.5) is 4.39 Å². The lowest BCUT2D eigenvalue weighted by atomic mass is 10.1. The van der Waals surface area contributed by atoms with Gasteiger partial charge in [0.05, 0.1) is 17.7 Å². The number of hydrogen-bond acceptors (Lipinski definition) is 4. The zero-order chi connectivity index (χ0) is 20.2. The maximum atomic E-state index is 13.3. The minimum atomic E-state index is -0.728. The normalized spacial score (nSPS) is 10.5. The van der Waals surface area contributed by atoms with E-state index in [2.05, 4.69) is 6.92 Å². The van der Waals surface area contributed by atoms with E-state index in [1.807, 2.05) is 0 Å². The third-order valence-electron chi connectivity index (χ3n) is 4.35. The highest BCUT2D eigenvalue weighted by Crippen LogP contribution is 2.17. The molecule has 150 valence electrons. The molecule has 0 spiro atoms. The Hall–Kier alpha value is -2.69. The summed E-state index contributed by atoms with van der Waals surface area (Å²) < 4.78 is 23.7. The molecule has 0 saturated carbocycles. The van der Waals surface area contributed by atoms with Gasteiger partial charge >= 0.3 is 11.9 Å². The van der Waals surface area contributed by atoms with Crippen LogP contribution in [0, 0.1) is 5.82 Å². The van der Waals surface area contributed by atoms with Crippen LogP contribution in [0.15, 0.2) is 48.5 Å². The molecule has 0 aromatic heterocycles. The molecular weight excluding hydrogens is 359 g/mol. The zero-order valence-electron chi connectivity index (χ0n) is 16.3. The number of ether oxygens (including phenoxy) is 2. The van der Waals surface area contributed by atoms with E-state index in [9.17, 15) is 14.0 Å². The SMILES string of the molecule is CCCCCCCCCOC(=O)c1ccccc1C(=O)Oc1cccc(F)c1. The van der Waals surface area contributed by atoms with Crippen LogP contribution in [0.1, 0.15) is 72.6 Å². The second kappa shape index (κ2) is 11.9. The van der Waals surface area contributed by atoms with Gasteiger partial charge in [-0.3, -0.25) is 0 Å². The summed E-state index contributed by atoms with van der Waals surface area (Å²) in [7, 11) is 0. The average Bonchev–Trinajstić information content (AvgIpc) is 2.70. The molecule has 0 atom stereocenters. The van der Waals surface area contributed by atoms with Crippen LogP contribution in [0.5, 0.6) is 5.75 Å². The molecule has 2 aromatic rings. The number of rotatable bonds is 11. The number of halogens is 1. The van der Waals surface area contributed by atoms with Gasteiger partial charge < -0.3 is 9.47 Å². The van der Waals surface area contributed by atoms with Gasteiger partial charge in [0.1, 0.15) is 11.6 Å². The van der Waals surface area contributed by atoms with Crippen molar-refractivity contribution in [3.05, 3.63) is 65.5 Å². The molecule has 0 aliphatic carbocycles. The fraction of sp³-hybridized carbons (Fsp3) is 0.391. The topological polar surface area (TPSA) is 52.6 Å². The third kappa shape index (κ3) is 7.14. The first-order valence-electron chi connectivity index (χ1n) is 9.85. The summed E-state index contributed by atoms with van der Waals surface area (Å²) in [6.45, 7) is 2.51. The van der Waals surface area contributed by atoms with Crippen molar-refractivity contribution >= 4 is 11.9 Å². The Morgan fingerprint density at radius 3 is 2.14 bits per heavy atom. The Bertz CT molecular complexity index is 773. The second-order valence-corrected chi connectivity index (χ2v) is 6.65. The molecular formula is C23H27FO4. The fourth-order valence-electron chi connectivity index (χ4n) is 2.83. The average molecular weight is 386 g/mol. The molecule has 0 amide bonds. The molecule has 0 radical (unpaired) electrons. The molecule has 2 rings (SSSR count). The van der Waals surface area contributed by atoms with E-state index in [-0.39, 0.29) is 16.9 Å². The number of benzene rings is 2. The van der Waals surface area contributed by atoms with Gasteiger partial charge in [0, 0.05) is 6.07 Å². The van der Waals surface area contributed by atoms with Crippen molar-refractivity contribution in [1.29, 1.82) is 0 Å². The summed E-state index contributed by atoms with van der Waals surface area (Å²) in [5.41, 5.74) is 0.239. The molecule has 0 N–H and O–H groups in total. The van der Waals surface area contributed by atoms with Crippen LogP contribution in [0.25, 0.3) is 0 Å². The van der Waals surface area contributed by atoms with Gasteiger partial charge in [-0.15, -0.1) is 0 Å². The molecule has 0 aliphatic rings. The molecule has 0 bridgehead atoms. The Morgan fingerprint density at radius 2 is 1.46 bits per heavy atom. The summed E-state index contributed by atoms with van der Waals surface area (Å²) in [5, 5.41) is 0. The Kier molecular flexibility index (Phi) is 9.19. The Labute approximate surface area is 165 Å². The van der Waals surface area contributed by atoms with Crippen LogP contribution >= 0.6 is 0 Å². The van der Waals surface area contributed by atoms with Crippen molar-refractivity contribution in [3.8, 4) is 5.75 Å². The molecule has 0 unspecified atom stereocenters. The number of carbonyl (C=O) groups excluding carboxylic acids is 2. The van der Waals surface area contributed by atoms with Crippen molar-refractivity contribution < 1.29 is 23.5 Å². The van der Waals surface area contributed by atoms with Gasteiger partial charge in [0.15, 0.2) is 0 Å². The van der Waals surface area contributed by atoms with Gasteiger partial charge in [-0.2, -0.15) is 0 Å². The molecule has 4 nitrogen and oxygen atoms in total. The standard InChI is InChI=1S/C23H27FO4/c1-2-3-4-5-6-7-10-16-27-22(25)20-14-8-9-15-21(20)23(26)28-19-13-11-12-18(24)17-19/h8-9,11-15,17H,2-7,10,16H2,1H3. The van der Waals surface area contributed by atoms with Crippen molar-refractivity contribution in [2.24, 2.45) is 0 Å². The monoisotopic (exact) mass is 386 g/mol. The van der Waals surface area contributed by atoms with Crippen LogP contribution < -0.4 is 4.74 Å². The lowest BCUT2D eigenvalue weighted by molar-refractivity contribution is 0.0489. The summed E-state index contributed by atoms with van der Waals surface area (Å²) in [6, 6.07) is 11.6. The van der Waals surface area contributed by atoms with Crippen LogP contribution in [-0.4, -0.2) is 18.5 Å². The largest absolute Gasteiger partial charge is 0.462 e. The molecule has 28 heavy (non-hydrogen) atoms. The van der Waals surface area contributed by atoms with Crippen molar-refractivity contribution in [2.75, 3.05) is 6.61 Å². The highest BCUT2D eigenvalue weighted by Gasteiger charge is 2.19. The first-order chi connectivity index (χ1) is 13.6. The van der Waals surface area contributed by atoms with E-state index in [1.54, 1.807) is 12.1 Å².